The van der Waals surface area contributed by atoms with Crippen LogP contribution in [0.4, 0.5) is 5.82 Å². The zero-order valence-corrected chi connectivity index (χ0v) is 7.95. The van der Waals surface area contributed by atoms with Crippen molar-refractivity contribution in [3.8, 4) is 5.75 Å². The highest BCUT2D eigenvalue weighted by Crippen LogP contribution is 2.18. The number of rotatable bonds is 2. The second-order valence-corrected chi connectivity index (χ2v) is 2.88. The maximum atomic E-state index is 9.17. The lowest BCUT2D eigenvalue weighted by Gasteiger charge is -1.97. The minimum atomic E-state index is 0.0201. The zero-order valence-electron chi connectivity index (χ0n) is 6.37. The number of hydrogen-bond acceptors (Lipinski definition) is 3. The molecule has 0 aliphatic heterocycles. The van der Waals surface area contributed by atoms with Crippen LogP contribution < -0.4 is 5.73 Å². The van der Waals surface area contributed by atoms with E-state index in [2.05, 4.69) is 20.9 Å². The van der Waals surface area contributed by atoms with Gasteiger partial charge < -0.3 is 10.8 Å². The summed E-state index contributed by atoms with van der Waals surface area (Å²) in [6.07, 6.45) is 5.36. The van der Waals surface area contributed by atoms with E-state index in [4.69, 9.17) is 10.8 Å². The van der Waals surface area contributed by atoms with E-state index < -0.39 is 0 Å². The predicted molar refractivity (Wildman–Crippen MR) is 53.1 cm³/mol. The van der Waals surface area contributed by atoms with Gasteiger partial charge in [0.25, 0.3) is 0 Å². The predicted octanol–water partition coefficient (Wildman–Crippen LogP) is 1.78. The fourth-order valence-electron chi connectivity index (χ4n) is 0.751. The molecule has 0 atom stereocenters. The molecule has 4 heteroatoms. The van der Waals surface area contributed by atoms with Crippen molar-refractivity contribution in [2.45, 2.75) is 0 Å². The molecule has 0 fully saturated rings. The summed E-state index contributed by atoms with van der Waals surface area (Å²) < 4.78 is 0. The normalized spacial score (nSPS) is 10.8. The largest absolute Gasteiger partial charge is 0.504 e. The fourth-order valence-corrected chi connectivity index (χ4v) is 0.938. The third-order valence-electron chi connectivity index (χ3n) is 1.32. The molecule has 0 aromatic carbocycles. The molecule has 3 N–H and O–H groups in total. The number of alkyl halides is 1. The molecule has 0 aliphatic carbocycles. The van der Waals surface area contributed by atoms with E-state index in [-0.39, 0.29) is 11.6 Å². The van der Waals surface area contributed by atoms with Gasteiger partial charge in [0.15, 0.2) is 11.6 Å². The number of hydrogen-bond donors (Lipinski definition) is 2. The lowest BCUT2D eigenvalue weighted by Crippen LogP contribution is -1.90. The average molecular weight is 229 g/mol. The second-order valence-electron chi connectivity index (χ2n) is 2.23. The summed E-state index contributed by atoms with van der Waals surface area (Å²) in [7, 11) is 0. The van der Waals surface area contributed by atoms with Crippen LogP contribution >= 0.6 is 15.9 Å². The Kier molecular flexibility index (Phi) is 3.10. The fraction of sp³-hybridized carbons (Fsp3) is 0.125. The molecule has 0 bridgehead atoms. The van der Waals surface area contributed by atoms with Gasteiger partial charge in [0.05, 0.1) is 0 Å². The third-order valence-corrected chi connectivity index (χ3v) is 1.69. The highest BCUT2D eigenvalue weighted by molar-refractivity contribution is 9.09. The molecule has 12 heavy (non-hydrogen) atoms. The molecular weight excluding hydrogens is 220 g/mol. The van der Waals surface area contributed by atoms with E-state index >= 15 is 0 Å². The van der Waals surface area contributed by atoms with Crippen LogP contribution in [0.1, 0.15) is 5.56 Å². The van der Waals surface area contributed by atoms with Crippen molar-refractivity contribution in [2.24, 2.45) is 0 Å². The number of halogens is 1. The molecule has 1 rings (SSSR count). The molecule has 0 saturated heterocycles. The first-order valence-electron chi connectivity index (χ1n) is 3.41. The molecular formula is C8H9BrN2O. The van der Waals surface area contributed by atoms with Crippen LogP contribution in [0.3, 0.4) is 0 Å². The number of allylic oxidation sites excluding steroid dienone is 1. The van der Waals surface area contributed by atoms with Gasteiger partial charge in [0.1, 0.15) is 0 Å². The molecule has 0 radical (unpaired) electrons. The van der Waals surface area contributed by atoms with Crippen LogP contribution in [0.2, 0.25) is 0 Å². The smallest absolute Gasteiger partial charge is 0.165 e. The SMILES string of the molecule is Nc1ncc(C=CCBr)cc1O. The number of anilines is 1. The molecule has 1 aromatic rings. The van der Waals surface area contributed by atoms with Crippen molar-refractivity contribution in [2.75, 3.05) is 11.1 Å². The first-order valence-corrected chi connectivity index (χ1v) is 4.53. The summed E-state index contributed by atoms with van der Waals surface area (Å²) in [4.78, 5) is 3.79. The van der Waals surface area contributed by atoms with Crippen molar-refractivity contribution in [1.82, 2.24) is 4.98 Å². The lowest BCUT2D eigenvalue weighted by molar-refractivity contribution is 0.475. The summed E-state index contributed by atoms with van der Waals surface area (Å²) in [6.45, 7) is 0. The topological polar surface area (TPSA) is 59.1 Å². The summed E-state index contributed by atoms with van der Waals surface area (Å²) in [5, 5.41) is 9.94. The van der Waals surface area contributed by atoms with Crippen LogP contribution in [0.25, 0.3) is 6.08 Å². The third kappa shape index (κ3) is 2.23. The number of aromatic nitrogens is 1. The monoisotopic (exact) mass is 228 g/mol. The number of nitrogens with two attached hydrogens (primary N) is 1. The van der Waals surface area contributed by atoms with Crippen LogP contribution in [0, 0.1) is 0 Å². The van der Waals surface area contributed by atoms with Gasteiger partial charge in [-0.15, -0.1) is 0 Å². The Bertz CT molecular complexity index is 299. The molecule has 3 nitrogen and oxygen atoms in total. The summed E-state index contributed by atoms with van der Waals surface area (Å²) in [6, 6.07) is 1.57. The van der Waals surface area contributed by atoms with E-state index in [9.17, 15) is 0 Å². The first-order chi connectivity index (χ1) is 5.74. The molecule has 0 saturated carbocycles. The zero-order chi connectivity index (χ0) is 8.97. The maximum Gasteiger partial charge on any atom is 0.165 e. The van der Waals surface area contributed by atoms with Crippen molar-refractivity contribution in [1.29, 1.82) is 0 Å². The standard InChI is InChI=1S/C8H9BrN2O/c9-3-1-2-6-4-7(12)8(10)11-5-6/h1-2,4-5,12H,3H2,(H2,10,11). The van der Waals surface area contributed by atoms with Crippen molar-refractivity contribution >= 4 is 27.8 Å². The van der Waals surface area contributed by atoms with Crippen LogP contribution in [0.15, 0.2) is 18.3 Å². The van der Waals surface area contributed by atoms with E-state index in [0.717, 1.165) is 10.9 Å². The van der Waals surface area contributed by atoms with Crippen molar-refractivity contribution in [3.05, 3.63) is 23.9 Å². The van der Waals surface area contributed by atoms with Crippen LogP contribution in [-0.4, -0.2) is 15.4 Å². The minimum Gasteiger partial charge on any atom is -0.504 e. The quantitative estimate of drug-likeness (QED) is 0.760. The van der Waals surface area contributed by atoms with Gasteiger partial charge in [0, 0.05) is 11.5 Å². The van der Waals surface area contributed by atoms with Crippen LogP contribution in [0.5, 0.6) is 5.75 Å². The van der Waals surface area contributed by atoms with Gasteiger partial charge in [-0.25, -0.2) is 4.98 Å². The Morgan fingerprint density at radius 3 is 3.00 bits per heavy atom. The maximum absolute atomic E-state index is 9.17. The molecule has 1 aromatic heterocycles. The van der Waals surface area contributed by atoms with Crippen molar-refractivity contribution < 1.29 is 5.11 Å². The van der Waals surface area contributed by atoms with E-state index in [0.29, 0.717) is 0 Å². The van der Waals surface area contributed by atoms with Gasteiger partial charge in [-0.3, -0.25) is 0 Å². The molecule has 0 spiro atoms. The van der Waals surface area contributed by atoms with Gasteiger partial charge in [-0.05, 0) is 11.6 Å². The summed E-state index contributed by atoms with van der Waals surface area (Å²) >= 11 is 3.25. The van der Waals surface area contributed by atoms with Gasteiger partial charge in [-0.1, -0.05) is 28.1 Å². The average Bonchev–Trinajstić information content (AvgIpc) is 2.07. The van der Waals surface area contributed by atoms with E-state index in [1.165, 1.54) is 0 Å². The van der Waals surface area contributed by atoms with E-state index in [1.54, 1.807) is 12.3 Å². The summed E-state index contributed by atoms with van der Waals surface area (Å²) in [5.41, 5.74) is 6.16. The first kappa shape index (κ1) is 9.06. The Morgan fingerprint density at radius 1 is 1.67 bits per heavy atom. The molecule has 0 aliphatic rings. The number of pyridine rings is 1. The Balaban J connectivity index is 2.89. The van der Waals surface area contributed by atoms with Gasteiger partial charge in [0.2, 0.25) is 0 Å². The number of nitrogens with zero attached hydrogens (tertiary/aromatic N) is 1. The molecule has 64 valence electrons. The second kappa shape index (κ2) is 4.11. The van der Waals surface area contributed by atoms with E-state index in [1.807, 2.05) is 12.2 Å². The van der Waals surface area contributed by atoms with Gasteiger partial charge in [-0.2, -0.15) is 0 Å². The number of aromatic hydroxyl groups is 1. The van der Waals surface area contributed by atoms with Gasteiger partial charge >= 0.3 is 0 Å². The van der Waals surface area contributed by atoms with Crippen LogP contribution in [-0.2, 0) is 0 Å². The Morgan fingerprint density at radius 2 is 2.42 bits per heavy atom. The Hall–Kier alpha value is -1.03. The summed E-state index contributed by atoms with van der Waals surface area (Å²) in [5.74, 6) is 0.178. The lowest BCUT2D eigenvalue weighted by atomic mass is 10.2. The molecule has 0 unspecified atom stereocenters. The molecule has 0 amide bonds. The number of nitrogen functional groups attached to an aromatic ring is 1. The van der Waals surface area contributed by atoms with Crippen molar-refractivity contribution in [3.63, 3.8) is 0 Å². The minimum absolute atomic E-state index is 0.0201. The molecule has 1 heterocycles. The highest BCUT2D eigenvalue weighted by atomic mass is 79.9. The Labute approximate surface area is 79.1 Å². The highest BCUT2D eigenvalue weighted by Gasteiger charge is 1.96.